The Hall–Kier alpha value is -2.00. The minimum atomic E-state index is -3.27. The topological polar surface area (TPSA) is 47.6 Å². The van der Waals surface area contributed by atoms with Crippen molar-refractivity contribution in [1.82, 2.24) is 0 Å². The molecule has 1 atom stereocenters. The SMILES string of the molecule is COc1ccccc1OP(C)(=O)Nc1ccccc1F. The number of para-hydroxylation sites is 3. The van der Waals surface area contributed by atoms with E-state index >= 15 is 0 Å². The smallest absolute Gasteiger partial charge is 0.338 e. The summed E-state index contributed by atoms with van der Waals surface area (Å²) in [4.78, 5) is 0. The molecule has 0 aliphatic rings. The van der Waals surface area contributed by atoms with Crippen molar-refractivity contribution < 1.29 is 18.2 Å². The Morgan fingerprint density at radius 1 is 1.05 bits per heavy atom. The Balaban J connectivity index is 2.19. The number of hydrogen-bond donors (Lipinski definition) is 1. The van der Waals surface area contributed by atoms with Crippen molar-refractivity contribution in [2.45, 2.75) is 0 Å². The molecule has 4 nitrogen and oxygen atoms in total. The fourth-order valence-electron chi connectivity index (χ4n) is 1.68. The lowest BCUT2D eigenvalue weighted by Gasteiger charge is -2.19. The van der Waals surface area contributed by atoms with Crippen LogP contribution in [0.2, 0.25) is 0 Å². The zero-order chi connectivity index (χ0) is 14.6. The van der Waals surface area contributed by atoms with Crippen LogP contribution in [0.3, 0.4) is 0 Å². The van der Waals surface area contributed by atoms with E-state index in [9.17, 15) is 8.96 Å². The van der Waals surface area contributed by atoms with Gasteiger partial charge in [-0.25, -0.2) is 4.39 Å². The van der Waals surface area contributed by atoms with Crippen molar-refractivity contribution in [1.29, 1.82) is 0 Å². The molecule has 0 aliphatic heterocycles. The standard InChI is InChI=1S/C14H15FNO3P/c1-18-13-9-5-6-10-14(13)19-20(2,17)16-12-8-4-3-7-11(12)15/h3-10H,1-2H3,(H,16,17). The number of halogens is 1. The van der Waals surface area contributed by atoms with Crippen LogP contribution in [-0.2, 0) is 4.57 Å². The first-order chi connectivity index (χ1) is 9.52. The zero-order valence-corrected chi connectivity index (χ0v) is 12.1. The monoisotopic (exact) mass is 295 g/mol. The molecule has 0 saturated carbocycles. The van der Waals surface area contributed by atoms with Crippen LogP contribution in [0.4, 0.5) is 10.1 Å². The maximum atomic E-state index is 13.5. The van der Waals surface area contributed by atoms with E-state index in [4.69, 9.17) is 9.26 Å². The molecule has 0 radical (unpaired) electrons. The quantitative estimate of drug-likeness (QED) is 0.842. The van der Waals surface area contributed by atoms with Crippen molar-refractivity contribution >= 4 is 13.2 Å². The summed E-state index contributed by atoms with van der Waals surface area (Å²) in [7, 11) is -1.78. The van der Waals surface area contributed by atoms with E-state index in [1.165, 1.54) is 25.9 Å². The lowest BCUT2D eigenvalue weighted by atomic mass is 10.3. The average Bonchev–Trinajstić information content (AvgIpc) is 2.41. The van der Waals surface area contributed by atoms with Crippen LogP contribution in [0.15, 0.2) is 48.5 Å². The summed E-state index contributed by atoms with van der Waals surface area (Å²) in [6.07, 6.45) is 0. The molecule has 0 saturated heterocycles. The van der Waals surface area contributed by atoms with Crippen LogP contribution >= 0.6 is 7.52 Å². The molecule has 0 heterocycles. The molecule has 0 aliphatic carbocycles. The summed E-state index contributed by atoms with van der Waals surface area (Å²) in [5.41, 5.74) is 0.133. The number of anilines is 1. The summed E-state index contributed by atoms with van der Waals surface area (Å²) in [6.45, 7) is 1.38. The van der Waals surface area contributed by atoms with Crippen LogP contribution in [0.25, 0.3) is 0 Å². The Kier molecular flexibility index (Phi) is 4.30. The molecule has 2 rings (SSSR count). The summed E-state index contributed by atoms with van der Waals surface area (Å²) < 4.78 is 36.5. The van der Waals surface area contributed by atoms with Gasteiger partial charge in [0.05, 0.1) is 12.8 Å². The number of ether oxygens (including phenoxy) is 1. The Morgan fingerprint density at radius 2 is 1.65 bits per heavy atom. The van der Waals surface area contributed by atoms with Crippen LogP contribution in [0.1, 0.15) is 0 Å². The fourth-order valence-corrected chi connectivity index (χ4v) is 2.87. The second-order valence-electron chi connectivity index (χ2n) is 4.18. The second-order valence-corrected chi connectivity index (χ2v) is 6.28. The molecule has 20 heavy (non-hydrogen) atoms. The van der Waals surface area contributed by atoms with E-state index in [0.29, 0.717) is 11.5 Å². The lowest BCUT2D eigenvalue weighted by molar-refractivity contribution is 0.391. The maximum Gasteiger partial charge on any atom is 0.338 e. The van der Waals surface area contributed by atoms with Crippen molar-refractivity contribution in [3.8, 4) is 11.5 Å². The molecule has 2 aromatic rings. The van der Waals surface area contributed by atoms with Gasteiger partial charge in [-0.3, -0.25) is 4.57 Å². The summed E-state index contributed by atoms with van der Waals surface area (Å²) in [5, 5.41) is 2.59. The third-order valence-corrected chi connectivity index (χ3v) is 3.73. The number of benzene rings is 2. The molecular formula is C14H15FNO3P. The maximum absolute atomic E-state index is 13.5. The fraction of sp³-hybridized carbons (Fsp3) is 0.143. The summed E-state index contributed by atoms with van der Waals surface area (Å²) in [6, 6.07) is 12.8. The largest absolute Gasteiger partial charge is 0.493 e. The van der Waals surface area contributed by atoms with E-state index in [1.807, 2.05) is 0 Å². The van der Waals surface area contributed by atoms with Crippen molar-refractivity contribution in [3.63, 3.8) is 0 Å². The van der Waals surface area contributed by atoms with Gasteiger partial charge >= 0.3 is 7.52 Å². The molecular weight excluding hydrogens is 280 g/mol. The predicted octanol–water partition coefficient (Wildman–Crippen LogP) is 4.15. The van der Waals surface area contributed by atoms with Gasteiger partial charge in [-0.05, 0) is 24.3 Å². The second kappa shape index (κ2) is 5.97. The molecule has 0 spiro atoms. The minimum Gasteiger partial charge on any atom is -0.493 e. The van der Waals surface area contributed by atoms with Crippen molar-refractivity contribution in [2.75, 3.05) is 18.9 Å². The van der Waals surface area contributed by atoms with Gasteiger partial charge in [0.25, 0.3) is 0 Å². The van der Waals surface area contributed by atoms with Crippen LogP contribution in [0.5, 0.6) is 11.5 Å². The molecule has 106 valence electrons. The van der Waals surface area contributed by atoms with Gasteiger partial charge in [-0.1, -0.05) is 24.3 Å². The third kappa shape index (κ3) is 3.52. The summed E-state index contributed by atoms with van der Waals surface area (Å²) in [5.74, 6) is 0.313. The Bertz CT molecular complexity index is 648. The zero-order valence-electron chi connectivity index (χ0n) is 11.2. The predicted molar refractivity (Wildman–Crippen MR) is 77.2 cm³/mol. The van der Waals surface area contributed by atoms with E-state index in [2.05, 4.69) is 5.09 Å². The third-order valence-electron chi connectivity index (χ3n) is 2.54. The van der Waals surface area contributed by atoms with E-state index in [0.717, 1.165) is 0 Å². The minimum absolute atomic E-state index is 0.133. The molecule has 0 fully saturated rings. The normalized spacial score (nSPS) is 13.3. The van der Waals surface area contributed by atoms with E-state index < -0.39 is 13.3 Å². The molecule has 1 unspecified atom stereocenters. The van der Waals surface area contributed by atoms with Crippen LogP contribution < -0.4 is 14.3 Å². The molecule has 2 aromatic carbocycles. The van der Waals surface area contributed by atoms with Gasteiger partial charge in [0.2, 0.25) is 0 Å². The highest BCUT2D eigenvalue weighted by Crippen LogP contribution is 2.46. The summed E-state index contributed by atoms with van der Waals surface area (Å²) >= 11 is 0. The van der Waals surface area contributed by atoms with Gasteiger partial charge in [0, 0.05) is 6.66 Å². The van der Waals surface area contributed by atoms with E-state index in [1.54, 1.807) is 36.4 Å². The van der Waals surface area contributed by atoms with E-state index in [-0.39, 0.29) is 5.69 Å². The molecule has 1 N–H and O–H groups in total. The molecule has 0 aromatic heterocycles. The number of rotatable bonds is 5. The van der Waals surface area contributed by atoms with Gasteiger partial charge in [0.15, 0.2) is 11.5 Å². The highest BCUT2D eigenvalue weighted by atomic mass is 31.2. The van der Waals surface area contributed by atoms with Gasteiger partial charge in [-0.2, -0.15) is 0 Å². The highest BCUT2D eigenvalue weighted by molar-refractivity contribution is 7.60. The van der Waals surface area contributed by atoms with Crippen molar-refractivity contribution in [3.05, 3.63) is 54.3 Å². The first-order valence-electron chi connectivity index (χ1n) is 5.95. The average molecular weight is 295 g/mol. The van der Waals surface area contributed by atoms with Gasteiger partial charge in [-0.15, -0.1) is 0 Å². The molecule has 6 heteroatoms. The number of hydrogen-bond acceptors (Lipinski definition) is 3. The Labute approximate surface area is 117 Å². The van der Waals surface area contributed by atoms with Crippen LogP contribution in [0, 0.1) is 5.82 Å². The molecule has 0 amide bonds. The van der Waals surface area contributed by atoms with Crippen molar-refractivity contribution in [2.24, 2.45) is 0 Å². The Morgan fingerprint density at radius 3 is 2.30 bits per heavy atom. The first kappa shape index (κ1) is 14.4. The van der Waals surface area contributed by atoms with Gasteiger partial charge in [0.1, 0.15) is 5.82 Å². The number of methoxy groups -OCH3 is 1. The molecule has 0 bridgehead atoms. The highest BCUT2D eigenvalue weighted by Gasteiger charge is 2.20. The lowest BCUT2D eigenvalue weighted by Crippen LogP contribution is -2.04. The first-order valence-corrected chi connectivity index (χ1v) is 8.02. The van der Waals surface area contributed by atoms with Crippen LogP contribution in [-0.4, -0.2) is 13.8 Å². The number of nitrogens with one attached hydrogen (secondary N) is 1. The van der Waals surface area contributed by atoms with Gasteiger partial charge < -0.3 is 14.3 Å².